The average Bonchev–Trinajstić information content (AvgIpc) is 2.88. The molecule has 2 aromatic rings. The smallest absolute Gasteiger partial charge is 0.170 e. The molecule has 0 amide bonds. The number of para-hydroxylation sites is 1. The predicted octanol–water partition coefficient (Wildman–Crippen LogP) is 2.50. The first kappa shape index (κ1) is 15.3. The van der Waals surface area contributed by atoms with Gasteiger partial charge in [0.25, 0.3) is 0 Å². The zero-order valence-corrected chi connectivity index (χ0v) is 13.9. The van der Waals surface area contributed by atoms with E-state index in [9.17, 15) is 4.79 Å². The number of Topliss-reactive ketones (excluding diaryl/α,β-unsaturated/α-hetero) is 1. The van der Waals surface area contributed by atoms with Crippen LogP contribution in [0.25, 0.3) is 0 Å². The minimum Gasteiger partial charge on any atom is -0.486 e. The minimum absolute atomic E-state index is 0.204. The second kappa shape index (κ2) is 6.02. The number of benzene rings is 1. The first-order valence-electron chi connectivity index (χ1n) is 8.55. The minimum atomic E-state index is -0.352. The standard InChI is InChI=1S/C18H22N4O2/c1-13-19-17(21-20-13)12-22-9-4-7-18(8-10-22)11-15(23)14-5-2-3-6-16(14)24-18/h2-3,5-6H,4,7-12H2,1H3,(H,19,20,21). The molecule has 0 saturated carbocycles. The van der Waals surface area contributed by atoms with Crippen molar-refractivity contribution in [3.05, 3.63) is 41.5 Å². The summed E-state index contributed by atoms with van der Waals surface area (Å²) in [4.78, 5) is 19.3. The number of carbonyl (C=O) groups is 1. The summed E-state index contributed by atoms with van der Waals surface area (Å²) in [6.45, 7) is 4.52. The zero-order valence-electron chi connectivity index (χ0n) is 13.9. The van der Waals surface area contributed by atoms with Crippen molar-refractivity contribution in [3.8, 4) is 5.75 Å². The van der Waals surface area contributed by atoms with Crippen LogP contribution in [0, 0.1) is 6.92 Å². The number of hydrogen-bond donors (Lipinski definition) is 1. The van der Waals surface area contributed by atoms with Crippen molar-refractivity contribution in [2.45, 2.75) is 44.8 Å². The molecule has 4 rings (SSSR count). The molecule has 2 aliphatic rings. The summed E-state index contributed by atoms with van der Waals surface area (Å²) in [5, 5.41) is 7.11. The molecule has 1 aromatic heterocycles. The number of nitrogens with zero attached hydrogens (tertiary/aromatic N) is 3. The van der Waals surface area contributed by atoms with E-state index in [4.69, 9.17) is 4.74 Å². The molecular weight excluding hydrogens is 304 g/mol. The van der Waals surface area contributed by atoms with E-state index >= 15 is 0 Å². The number of aromatic amines is 1. The second-order valence-corrected chi connectivity index (χ2v) is 6.85. The molecule has 1 unspecified atom stereocenters. The quantitative estimate of drug-likeness (QED) is 0.918. The highest BCUT2D eigenvalue weighted by molar-refractivity contribution is 6.00. The van der Waals surface area contributed by atoms with Crippen molar-refractivity contribution >= 4 is 5.78 Å². The van der Waals surface area contributed by atoms with Crippen molar-refractivity contribution < 1.29 is 9.53 Å². The van der Waals surface area contributed by atoms with E-state index in [0.717, 1.165) is 61.9 Å². The Morgan fingerprint density at radius 2 is 2.17 bits per heavy atom. The first-order chi connectivity index (χ1) is 11.6. The highest BCUT2D eigenvalue weighted by atomic mass is 16.5. The van der Waals surface area contributed by atoms with Gasteiger partial charge in [-0.25, -0.2) is 4.98 Å². The Hall–Kier alpha value is -2.21. The molecule has 3 heterocycles. The summed E-state index contributed by atoms with van der Waals surface area (Å²) in [6, 6.07) is 7.60. The van der Waals surface area contributed by atoms with Gasteiger partial charge in [0.2, 0.25) is 0 Å². The summed E-state index contributed by atoms with van der Waals surface area (Å²) >= 11 is 0. The molecular formula is C18H22N4O2. The zero-order chi connectivity index (χ0) is 16.6. The van der Waals surface area contributed by atoms with E-state index in [2.05, 4.69) is 20.1 Å². The molecule has 1 N–H and O–H groups in total. The van der Waals surface area contributed by atoms with Gasteiger partial charge in [-0.05, 0) is 38.4 Å². The number of aryl methyl sites for hydroxylation is 1. The van der Waals surface area contributed by atoms with Crippen LogP contribution in [0.4, 0.5) is 0 Å². The van der Waals surface area contributed by atoms with Crippen LogP contribution in [0.3, 0.4) is 0 Å². The van der Waals surface area contributed by atoms with Gasteiger partial charge in [-0.15, -0.1) is 0 Å². The predicted molar refractivity (Wildman–Crippen MR) is 89.0 cm³/mol. The molecule has 1 fully saturated rings. The van der Waals surface area contributed by atoms with E-state index in [1.165, 1.54) is 0 Å². The number of likely N-dealkylation sites (tertiary alicyclic amines) is 1. The Labute approximate surface area is 141 Å². The van der Waals surface area contributed by atoms with Crippen LogP contribution in [0.5, 0.6) is 5.75 Å². The van der Waals surface area contributed by atoms with Gasteiger partial charge in [-0.2, -0.15) is 5.10 Å². The number of aromatic nitrogens is 3. The number of hydrogen-bond acceptors (Lipinski definition) is 5. The lowest BCUT2D eigenvalue weighted by molar-refractivity contribution is 0.0298. The van der Waals surface area contributed by atoms with E-state index in [0.29, 0.717) is 6.42 Å². The van der Waals surface area contributed by atoms with Crippen LogP contribution in [-0.2, 0) is 6.54 Å². The molecule has 6 heteroatoms. The molecule has 1 saturated heterocycles. The second-order valence-electron chi connectivity index (χ2n) is 6.85. The molecule has 24 heavy (non-hydrogen) atoms. The van der Waals surface area contributed by atoms with E-state index in [-0.39, 0.29) is 11.4 Å². The van der Waals surface area contributed by atoms with Crippen LogP contribution in [-0.4, -0.2) is 44.6 Å². The molecule has 1 atom stereocenters. The van der Waals surface area contributed by atoms with Gasteiger partial charge < -0.3 is 4.74 Å². The summed E-state index contributed by atoms with van der Waals surface area (Å²) in [6.07, 6.45) is 3.27. The average molecular weight is 326 g/mol. The highest BCUT2D eigenvalue weighted by Gasteiger charge is 2.41. The lowest BCUT2D eigenvalue weighted by atomic mass is 9.84. The maximum absolute atomic E-state index is 12.5. The normalized spacial score (nSPS) is 24.5. The van der Waals surface area contributed by atoms with Gasteiger partial charge in [0, 0.05) is 13.0 Å². The fraction of sp³-hybridized carbons (Fsp3) is 0.500. The molecule has 0 radical (unpaired) electrons. The number of ether oxygens (including phenoxy) is 1. The lowest BCUT2D eigenvalue weighted by Crippen LogP contribution is -2.42. The highest BCUT2D eigenvalue weighted by Crippen LogP contribution is 2.39. The van der Waals surface area contributed by atoms with Crippen molar-refractivity contribution in [1.29, 1.82) is 0 Å². The molecule has 6 nitrogen and oxygen atoms in total. The van der Waals surface area contributed by atoms with Gasteiger partial charge in [0.05, 0.1) is 18.5 Å². The van der Waals surface area contributed by atoms with Crippen molar-refractivity contribution in [2.75, 3.05) is 13.1 Å². The Morgan fingerprint density at radius 3 is 3.00 bits per heavy atom. The Kier molecular flexibility index (Phi) is 3.84. The molecule has 0 aliphatic carbocycles. The van der Waals surface area contributed by atoms with Gasteiger partial charge in [0.1, 0.15) is 17.2 Å². The summed E-state index contributed by atoms with van der Waals surface area (Å²) in [5.41, 5.74) is 0.371. The van der Waals surface area contributed by atoms with Gasteiger partial charge in [-0.1, -0.05) is 12.1 Å². The van der Waals surface area contributed by atoms with Crippen LogP contribution in [0.1, 0.15) is 47.7 Å². The van der Waals surface area contributed by atoms with Gasteiger partial charge in [-0.3, -0.25) is 14.8 Å². The summed E-state index contributed by atoms with van der Waals surface area (Å²) < 4.78 is 6.33. The molecule has 1 aromatic carbocycles. The largest absolute Gasteiger partial charge is 0.486 e. The van der Waals surface area contributed by atoms with Crippen molar-refractivity contribution in [2.24, 2.45) is 0 Å². The Bertz CT molecular complexity index is 757. The lowest BCUT2D eigenvalue weighted by Gasteiger charge is -2.37. The van der Waals surface area contributed by atoms with Crippen LogP contribution in [0.2, 0.25) is 0 Å². The summed E-state index contributed by atoms with van der Waals surface area (Å²) in [7, 11) is 0. The number of ketones is 1. The van der Waals surface area contributed by atoms with E-state index in [1.807, 2.05) is 31.2 Å². The maximum atomic E-state index is 12.5. The SMILES string of the molecule is Cc1nc(CN2CCCC3(CC2)CC(=O)c2ccccc2O3)n[nH]1. The number of nitrogens with one attached hydrogen (secondary N) is 1. The van der Waals surface area contributed by atoms with Crippen LogP contribution >= 0.6 is 0 Å². The maximum Gasteiger partial charge on any atom is 0.170 e. The Balaban J connectivity index is 1.48. The van der Waals surface area contributed by atoms with Crippen LogP contribution < -0.4 is 4.74 Å². The van der Waals surface area contributed by atoms with Crippen molar-refractivity contribution in [1.82, 2.24) is 20.1 Å². The first-order valence-corrected chi connectivity index (χ1v) is 8.55. The fourth-order valence-electron chi connectivity index (χ4n) is 3.76. The number of rotatable bonds is 2. The molecule has 2 aliphatic heterocycles. The number of carbonyl (C=O) groups excluding carboxylic acids is 1. The third kappa shape index (κ3) is 2.94. The summed E-state index contributed by atoms with van der Waals surface area (Å²) in [5.74, 6) is 2.62. The monoisotopic (exact) mass is 326 g/mol. The van der Waals surface area contributed by atoms with Gasteiger partial charge >= 0.3 is 0 Å². The Morgan fingerprint density at radius 1 is 1.29 bits per heavy atom. The number of fused-ring (bicyclic) bond motifs is 1. The third-order valence-electron chi connectivity index (χ3n) is 5.00. The van der Waals surface area contributed by atoms with Gasteiger partial charge in [0.15, 0.2) is 11.6 Å². The van der Waals surface area contributed by atoms with E-state index in [1.54, 1.807) is 0 Å². The van der Waals surface area contributed by atoms with Crippen LogP contribution in [0.15, 0.2) is 24.3 Å². The van der Waals surface area contributed by atoms with Crippen molar-refractivity contribution in [3.63, 3.8) is 0 Å². The molecule has 0 bridgehead atoms. The third-order valence-corrected chi connectivity index (χ3v) is 5.00. The fourth-order valence-corrected chi connectivity index (χ4v) is 3.76. The molecule has 1 spiro atoms. The topological polar surface area (TPSA) is 71.1 Å². The van der Waals surface area contributed by atoms with E-state index < -0.39 is 0 Å². The number of H-pyrrole nitrogens is 1. The molecule has 126 valence electrons.